The molecule has 0 radical (unpaired) electrons. The monoisotopic (exact) mass is 149 g/mol. The van der Waals surface area contributed by atoms with Crippen molar-refractivity contribution in [3.8, 4) is 12.3 Å². The highest BCUT2D eigenvalue weighted by molar-refractivity contribution is 5.85. The molecule has 9 heavy (non-hydrogen) atoms. The normalized spacial score (nSPS) is 39.9. The van der Waals surface area contributed by atoms with E-state index in [4.69, 9.17) is 12.2 Å². The van der Waals surface area contributed by atoms with E-state index < -0.39 is 11.7 Å². The summed E-state index contributed by atoms with van der Waals surface area (Å²) in [5, 5.41) is 0. The average molecular weight is 150 g/mol. The Hall–Kier alpha value is -0.260. The largest absolute Gasteiger partial charge is 0.315 e. The van der Waals surface area contributed by atoms with Gasteiger partial charge in [-0.25, -0.2) is 4.39 Å². The molecule has 0 unspecified atom stereocenters. The van der Waals surface area contributed by atoms with E-state index in [1.807, 2.05) is 0 Å². The first-order valence-corrected chi connectivity index (χ1v) is 2.57. The molecule has 52 valence electrons. The summed E-state index contributed by atoms with van der Waals surface area (Å²) in [5.41, 5.74) is 4.80. The molecule has 0 atom stereocenters. The molecule has 1 nitrogen and oxygen atoms in total. The highest BCUT2D eigenvalue weighted by atomic mass is 35.5. The molecule has 0 aliphatic heterocycles. The maximum absolute atomic E-state index is 12.0. The third kappa shape index (κ3) is 1.57. The fourth-order valence-corrected chi connectivity index (χ4v) is 0.849. The van der Waals surface area contributed by atoms with Gasteiger partial charge in [0.2, 0.25) is 0 Å². The number of hydrogen-bond donors (Lipinski definition) is 1. The van der Waals surface area contributed by atoms with Crippen LogP contribution in [-0.4, -0.2) is 11.7 Å². The van der Waals surface area contributed by atoms with Crippen LogP contribution in [0.25, 0.3) is 0 Å². The third-order valence-electron chi connectivity index (χ3n) is 1.46. The average Bonchev–Trinajstić information content (AvgIpc) is 1.63. The Morgan fingerprint density at radius 1 is 1.67 bits per heavy atom. The topological polar surface area (TPSA) is 26.0 Å². The summed E-state index contributed by atoms with van der Waals surface area (Å²) in [6.45, 7) is 0. The molecule has 0 aromatic carbocycles. The number of hydrogen-bond acceptors (Lipinski definition) is 1. The van der Waals surface area contributed by atoms with Crippen molar-refractivity contribution in [1.29, 1.82) is 0 Å². The van der Waals surface area contributed by atoms with E-state index in [0.29, 0.717) is 12.8 Å². The van der Waals surface area contributed by atoms with E-state index in [1.54, 1.807) is 0 Å². The Morgan fingerprint density at radius 3 is 2.22 bits per heavy atom. The fraction of sp³-hybridized carbons (Fsp3) is 0.667. The van der Waals surface area contributed by atoms with E-state index in [2.05, 4.69) is 5.92 Å². The van der Waals surface area contributed by atoms with Crippen LogP contribution in [0.1, 0.15) is 12.8 Å². The highest BCUT2D eigenvalue weighted by Crippen LogP contribution is 2.31. The predicted octanol–water partition coefficient (Wildman–Crippen LogP) is 0.871. The van der Waals surface area contributed by atoms with Crippen molar-refractivity contribution < 1.29 is 4.39 Å². The molecule has 0 amide bonds. The smallest absolute Gasteiger partial charge is 0.106 e. The summed E-state index contributed by atoms with van der Waals surface area (Å²) in [4.78, 5) is 0. The first kappa shape index (κ1) is 8.74. The van der Waals surface area contributed by atoms with Crippen LogP contribution in [0.15, 0.2) is 0 Å². The van der Waals surface area contributed by atoms with E-state index in [-0.39, 0.29) is 12.4 Å². The molecule has 0 bridgehead atoms. The zero-order valence-corrected chi connectivity index (χ0v) is 5.75. The Balaban J connectivity index is 0.000000640. The van der Waals surface area contributed by atoms with Crippen LogP contribution in [0.2, 0.25) is 0 Å². The summed E-state index contributed by atoms with van der Waals surface area (Å²) in [7, 11) is 0. The molecule has 1 aliphatic carbocycles. The Labute approximate surface area is 60.2 Å². The Kier molecular flexibility index (Phi) is 2.48. The number of terminal acetylenes is 1. The summed E-state index contributed by atoms with van der Waals surface area (Å²) < 4.78 is 12.0. The summed E-state index contributed by atoms with van der Waals surface area (Å²) in [5.74, 6) is 2.35. The minimum absolute atomic E-state index is 0. The molecule has 1 aliphatic rings. The second-order valence-electron chi connectivity index (χ2n) is 2.31. The van der Waals surface area contributed by atoms with Gasteiger partial charge >= 0.3 is 0 Å². The second-order valence-corrected chi connectivity index (χ2v) is 2.31. The van der Waals surface area contributed by atoms with Gasteiger partial charge in [0.15, 0.2) is 0 Å². The lowest BCUT2D eigenvalue weighted by Crippen LogP contribution is -2.51. The maximum atomic E-state index is 12.0. The molecule has 0 aromatic rings. The zero-order chi connectivity index (χ0) is 6.20. The van der Waals surface area contributed by atoms with Gasteiger partial charge in [0.25, 0.3) is 0 Å². The van der Waals surface area contributed by atoms with E-state index in [0.717, 1.165) is 0 Å². The molecule has 0 saturated heterocycles. The number of halogens is 2. The molecular formula is C6H9ClFN. The van der Waals surface area contributed by atoms with Gasteiger partial charge in [0, 0.05) is 12.8 Å². The van der Waals surface area contributed by atoms with E-state index in [9.17, 15) is 4.39 Å². The van der Waals surface area contributed by atoms with Gasteiger partial charge in [0.1, 0.15) is 6.17 Å². The van der Waals surface area contributed by atoms with Crippen LogP contribution in [0.4, 0.5) is 4.39 Å². The first-order valence-electron chi connectivity index (χ1n) is 2.57. The van der Waals surface area contributed by atoms with Gasteiger partial charge in [0.05, 0.1) is 5.54 Å². The van der Waals surface area contributed by atoms with Crippen molar-refractivity contribution in [2.75, 3.05) is 0 Å². The van der Waals surface area contributed by atoms with E-state index in [1.165, 1.54) is 0 Å². The van der Waals surface area contributed by atoms with Crippen molar-refractivity contribution in [3.63, 3.8) is 0 Å². The third-order valence-corrected chi connectivity index (χ3v) is 1.46. The summed E-state index contributed by atoms with van der Waals surface area (Å²) in [6.07, 6.45) is 4.91. The minimum Gasteiger partial charge on any atom is -0.315 e. The van der Waals surface area contributed by atoms with Crippen LogP contribution in [0.5, 0.6) is 0 Å². The molecule has 0 heterocycles. The lowest BCUT2D eigenvalue weighted by molar-refractivity contribution is 0.140. The van der Waals surface area contributed by atoms with Crippen LogP contribution in [-0.2, 0) is 0 Å². The lowest BCUT2D eigenvalue weighted by Gasteiger charge is -2.35. The van der Waals surface area contributed by atoms with Crippen LogP contribution < -0.4 is 5.73 Å². The number of nitrogens with two attached hydrogens (primary N) is 1. The summed E-state index contributed by atoms with van der Waals surface area (Å²) >= 11 is 0. The van der Waals surface area contributed by atoms with Crippen molar-refractivity contribution in [3.05, 3.63) is 0 Å². The molecule has 0 spiro atoms. The molecule has 1 rings (SSSR count). The number of alkyl halides is 1. The van der Waals surface area contributed by atoms with Crippen molar-refractivity contribution in [2.24, 2.45) is 5.73 Å². The number of rotatable bonds is 0. The highest BCUT2D eigenvalue weighted by Gasteiger charge is 2.39. The molecular weight excluding hydrogens is 141 g/mol. The van der Waals surface area contributed by atoms with Gasteiger partial charge in [-0.1, -0.05) is 5.92 Å². The maximum Gasteiger partial charge on any atom is 0.106 e. The molecule has 2 N–H and O–H groups in total. The van der Waals surface area contributed by atoms with Crippen molar-refractivity contribution >= 4 is 12.4 Å². The molecule has 3 heteroatoms. The van der Waals surface area contributed by atoms with Crippen LogP contribution in [0.3, 0.4) is 0 Å². The van der Waals surface area contributed by atoms with Gasteiger partial charge < -0.3 is 5.73 Å². The van der Waals surface area contributed by atoms with Crippen molar-refractivity contribution in [2.45, 2.75) is 24.6 Å². The lowest BCUT2D eigenvalue weighted by atomic mass is 9.77. The van der Waals surface area contributed by atoms with Crippen molar-refractivity contribution in [1.82, 2.24) is 0 Å². The first-order chi connectivity index (χ1) is 3.66. The predicted molar refractivity (Wildman–Crippen MR) is 37.1 cm³/mol. The minimum atomic E-state index is -0.754. The standard InChI is InChI=1S/C6H8FN.ClH/c1-2-6(8)3-5(7)4-6;/h1,5H,3-4,8H2;1H. The SMILES string of the molecule is C#CC1(N)CC(F)C1.Cl. The van der Waals surface area contributed by atoms with Crippen LogP contribution in [0, 0.1) is 12.3 Å². The fourth-order valence-electron chi connectivity index (χ4n) is 0.849. The van der Waals surface area contributed by atoms with Gasteiger partial charge in [-0.3, -0.25) is 0 Å². The zero-order valence-electron chi connectivity index (χ0n) is 4.93. The molecule has 1 saturated carbocycles. The van der Waals surface area contributed by atoms with Crippen LogP contribution >= 0.6 is 12.4 Å². The Bertz CT molecular complexity index is 134. The molecule has 0 aromatic heterocycles. The molecule has 1 fully saturated rings. The van der Waals surface area contributed by atoms with Gasteiger partial charge in [-0.05, 0) is 0 Å². The van der Waals surface area contributed by atoms with E-state index >= 15 is 0 Å². The Morgan fingerprint density at radius 2 is 2.11 bits per heavy atom. The van der Waals surface area contributed by atoms with Gasteiger partial charge in [-0.15, -0.1) is 18.8 Å². The second kappa shape index (κ2) is 2.55. The van der Waals surface area contributed by atoms with Gasteiger partial charge in [-0.2, -0.15) is 0 Å². The summed E-state index contributed by atoms with van der Waals surface area (Å²) in [6, 6.07) is 0. The quantitative estimate of drug-likeness (QED) is 0.509.